The van der Waals surface area contributed by atoms with Gasteiger partial charge in [-0.1, -0.05) is 29.3 Å². The number of hydrogen-bond acceptors (Lipinski definition) is 3. The van der Waals surface area contributed by atoms with Crippen molar-refractivity contribution in [3.63, 3.8) is 0 Å². The first-order valence-electron chi connectivity index (χ1n) is 4.70. The Kier molecular flexibility index (Phi) is 3.36. The van der Waals surface area contributed by atoms with E-state index in [4.69, 9.17) is 28.9 Å². The maximum atomic E-state index is 13.5. The van der Waals surface area contributed by atoms with Crippen LogP contribution in [0.25, 0.3) is 0 Å². The normalized spacial score (nSPS) is 10.3. The molecule has 0 amide bonds. The third-order valence-corrected chi connectivity index (χ3v) is 2.67. The van der Waals surface area contributed by atoms with Crippen molar-refractivity contribution in [1.29, 1.82) is 0 Å². The molecular weight excluding hydrogens is 264 g/mol. The third-order valence-electron chi connectivity index (χ3n) is 2.07. The van der Waals surface area contributed by atoms with Crippen molar-refractivity contribution in [2.24, 2.45) is 0 Å². The quantitative estimate of drug-likeness (QED) is 0.872. The van der Waals surface area contributed by atoms with Crippen molar-refractivity contribution in [1.82, 2.24) is 4.98 Å². The fourth-order valence-electron chi connectivity index (χ4n) is 1.28. The molecule has 2 aromatic rings. The molecule has 2 rings (SSSR count). The average Bonchev–Trinajstić information content (AvgIpc) is 2.26. The monoisotopic (exact) mass is 271 g/mol. The van der Waals surface area contributed by atoms with E-state index in [1.54, 1.807) is 6.07 Å². The average molecular weight is 272 g/mol. The summed E-state index contributed by atoms with van der Waals surface area (Å²) in [5, 5.41) is 3.28. The SMILES string of the molecule is Nc1cnc(Nc2c(F)cccc2Cl)c(Cl)c1. The zero-order valence-corrected chi connectivity index (χ0v) is 10.1. The summed E-state index contributed by atoms with van der Waals surface area (Å²) in [5.74, 6) is -0.181. The molecule has 1 aromatic carbocycles. The first kappa shape index (κ1) is 12.0. The smallest absolute Gasteiger partial charge is 0.149 e. The Morgan fingerprint density at radius 1 is 1.24 bits per heavy atom. The Morgan fingerprint density at radius 3 is 2.65 bits per heavy atom. The van der Waals surface area contributed by atoms with Gasteiger partial charge in [0.2, 0.25) is 0 Å². The predicted molar refractivity (Wildman–Crippen MR) is 68.4 cm³/mol. The highest BCUT2D eigenvalue weighted by Gasteiger charge is 2.09. The van der Waals surface area contributed by atoms with E-state index in [0.29, 0.717) is 16.5 Å². The number of aromatic nitrogens is 1. The van der Waals surface area contributed by atoms with Crippen LogP contribution in [0.15, 0.2) is 30.5 Å². The molecule has 3 nitrogen and oxygen atoms in total. The molecule has 1 aromatic heterocycles. The fraction of sp³-hybridized carbons (Fsp3) is 0. The summed E-state index contributed by atoms with van der Waals surface area (Å²) >= 11 is 11.8. The lowest BCUT2D eigenvalue weighted by Crippen LogP contribution is -1.99. The van der Waals surface area contributed by atoms with Gasteiger partial charge in [0, 0.05) is 0 Å². The molecule has 0 unspecified atom stereocenters. The topological polar surface area (TPSA) is 50.9 Å². The van der Waals surface area contributed by atoms with Crippen molar-refractivity contribution in [2.75, 3.05) is 11.1 Å². The maximum Gasteiger partial charge on any atom is 0.149 e. The lowest BCUT2D eigenvalue weighted by Gasteiger charge is -2.10. The fourth-order valence-corrected chi connectivity index (χ4v) is 1.71. The Bertz CT molecular complexity index is 540. The van der Waals surface area contributed by atoms with E-state index in [-0.39, 0.29) is 10.7 Å². The van der Waals surface area contributed by atoms with Gasteiger partial charge in [-0.25, -0.2) is 9.37 Å². The maximum absolute atomic E-state index is 13.5. The van der Waals surface area contributed by atoms with E-state index in [9.17, 15) is 4.39 Å². The number of nitrogens with zero attached hydrogens (tertiary/aromatic N) is 1. The summed E-state index contributed by atoms with van der Waals surface area (Å²) in [4.78, 5) is 3.96. The second-order valence-electron chi connectivity index (χ2n) is 3.32. The first-order chi connectivity index (χ1) is 8.08. The van der Waals surface area contributed by atoms with Gasteiger partial charge >= 0.3 is 0 Å². The third kappa shape index (κ3) is 2.60. The summed E-state index contributed by atoms with van der Waals surface area (Å²) in [5.41, 5.74) is 6.07. The minimum Gasteiger partial charge on any atom is -0.397 e. The van der Waals surface area contributed by atoms with Gasteiger partial charge in [0.25, 0.3) is 0 Å². The summed E-state index contributed by atoms with van der Waals surface area (Å²) < 4.78 is 13.5. The molecule has 6 heteroatoms. The van der Waals surface area contributed by atoms with Crippen molar-refractivity contribution in [3.8, 4) is 0 Å². The number of hydrogen-bond donors (Lipinski definition) is 2. The molecule has 88 valence electrons. The number of nitrogen functional groups attached to an aromatic ring is 1. The minimum atomic E-state index is -0.479. The summed E-state index contributed by atoms with van der Waals surface area (Å²) in [6, 6.07) is 5.89. The van der Waals surface area contributed by atoms with Crippen LogP contribution in [0, 0.1) is 5.82 Å². The van der Waals surface area contributed by atoms with Gasteiger partial charge < -0.3 is 11.1 Å². The molecule has 0 aliphatic rings. The summed E-state index contributed by atoms with van der Waals surface area (Å²) in [7, 11) is 0. The molecule has 0 spiro atoms. The molecule has 0 saturated heterocycles. The van der Waals surface area contributed by atoms with Gasteiger partial charge in [0.1, 0.15) is 11.6 Å². The number of anilines is 3. The van der Waals surface area contributed by atoms with Crippen LogP contribution in [-0.2, 0) is 0 Å². The number of nitrogens with two attached hydrogens (primary N) is 1. The van der Waals surface area contributed by atoms with Crippen LogP contribution < -0.4 is 11.1 Å². The highest BCUT2D eigenvalue weighted by Crippen LogP contribution is 2.30. The largest absolute Gasteiger partial charge is 0.397 e. The molecule has 1 heterocycles. The highest BCUT2D eigenvalue weighted by atomic mass is 35.5. The van der Waals surface area contributed by atoms with Crippen LogP contribution in [0.3, 0.4) is 0 Å². The van der Waals surface area contributed by atoms with Crippen LogP contribution in [0.5, 0.6) is 0 Å². The predicted octanol–water partition coefficient (Wildman–Crippen LogP) is 3.85. The molecule has 0 radical (unpaired) electrons. The van der Waals surface area contributed by atoms with E-state index in [2.05, 4.69) is 10.3 Å². The number of benzene rings is 1. The second-order valence-corrected chi connectivity index (χ2v) is 4.14. The van der Waals surface area contributed by atoms with Gasteiger partial charge in [-0.05, 0) is 18.2 Å². The molecule has 0 aliphatic heterocycles. The lowest BCUT2D eigenvalue weighted by atomic mass is 10.3. The Morgan fingerprint density at radius 2 is 2.00 bits per heavy atom. The standard InChI is InChI=1S/C11H8Cl2FN3/c12-7-2-1-3-9(14)10(7)17-11-8(13)4-6(15)5-16-11/h1-5H,15H2,(H,16,17). The molecule has 0 aliphatic carbocycles. The first-order valence-corrected chi connectivity index (χ1v) is 5.45. The number of rotatable bonds is 2. The number of halogens is 3. The Hall–Kier alpha value is -1.52. The minimum absolute atomic E-state index is 0.133. The molecule has 0 atom stereocenters. The second kappa shape index (κ2) is 4.77. The van der Waals surface area contributed by atoms with Gasteiger partial charge in [-0.3, -0.25) is 0 Å². The van der Waals surface area contributed by atoms with Crippen molar-refractivity contribution >= 4 is 40.4 Å². The van der Waals surface area contributed by atoms with Gasteiger partial charge in [0.05, 0.1) is 27.6 Å². The number of pyridine rings is 1. The van der Waals surface area contributed by atoms with Gasteiger partial charge in [-0.2, -0.15) is 0 Å². The van der Waals surface area contributed by atoms with Crippen LogP contribution in [0.2, 0.25) is 10.0 Å². The van der Waals surface area contributed by atoms with Gasteiger partial charge in [0.15, 0.2) is 0 Å². The van der Waals surface area contributed by atoms with Gasteiger partial charge in [-0.15, -0.1) is 0 Å². The van der Waals surface area contributed by atoms with Crippen LogP contribution in [0.1, 0.15) is 0 Å². The summed E-state index contributed by atoms with van der Waals surface area (Å²) in [6.07, 6.45) is 1.42. The Balaban J connectivity index is 2.38. The lowest BCUT2D eigenvalue weighted by molar-refractivity contribution is 0.632. The molecule has 0 fully saturated rings. The zero-order valence-electron chi connectivity index (χ0n) is 8.55. The molecule has 3 N–H and O–H groups in total. The van der Waals surface area contributed by atoms with Crippen LogP contribution in [0.4, 0.5) is 21.6 Å². The zero-order chi connectivity index (χ0) is 12.4. The van der Waals surface area contributed by atoms with Crippen LogP contribution in [-0.4, -0.2) is 4.98 Å². The van der Waals surface area contributed by atoms with Crippen molar-refractivity contribution in [3.05, 3.63) is 46.3 Å². The van der Waals surface area contributed by atoms with E-state index in [1.165, 1.54) is 24.4 Å². The molecule has 17 heavy (non-hydrogen) atoms. The summed E-state index contributed by atoms with van der Waals surface area (Å²) in [6.45, 7) is 0. The Labute approximate surface area is 107 Å². The van der Waals surface area contributed by atoms with Crippen LogP contribution >= 0.6 is 23.2 Å². The molecule has 0 bridgehead atoms. The number of para-hydroxylation sites is 1. The van der Waals surface area contributed by atoms with E-state index in [0.717, 1.165) is 0 Å². The molecular formula is C11H8Cl2FN3. The van der Waals surface area contributed by atoms with E-state index >= 15 is 0 Å². The van der Waals surface area contributed by atoms with Crippen molar-refractivity contribution < 1.29 is 4.39 Å². The van der Waals surface area contributed by atoms with Crippen molar-refractivity contribution in [2.45, 2.75) is 0 Å². The van der Waals surface area contributed by atoms with E-state index in [1.807, 2.05) is 0 Å². The molecule has 0 saturated carbocycles. The highest BCUT2D eigenvalue weighted by molar-refractivity contribution is 6.34. The number of nitrogens with one attached hydrogen (secondary N) is 1. The van der Waals surface area contributed by atoms with E-state index < -0.39 is 5.82 Å².